The van der Waals surface area contributed by atoms with E-state index in [2.05, 4.69) is 47.9 Å². The van der Waals surface area contributed by atoms with Crippen LogP contribution >= 0.6 is 12.2 Å². The second kappa shape index (κ2) is 9.28. The maximum atomic E-state index is 11.8. The molecule has 0 bridgehead atoms. The van der Waals surface area contributed by atoms with Gasteiger partial charge < -0.3 is 10.6 Å². The minimum Gasteiger partial charge on any atom is -0.352 e. The highest BCUT2D eigenvalue weighted by atomic mass is 32.2. The van der Waals surface area contributed by atoms with E-state index in [0.717, 1.165) is 11.1 Å². The molecule has 0 radical (unpaired) electrons. The van der Waals surface area contributed by atoms with Crippen LogP contribution in [0.3, 0.4) is 0 Å². The molecule has 30 heavy (non-hydrogen) atoms. The highest BCUT2D eigenvalue weighted by Gasteiger charge is 2.16. The number of hydrogen-bond donors (Lipinski definition) is 2. The van der Waals surface area contributed by atoms with Crippen LogP contribution in [0, 0.1) is 6.92 Å². The van der Waals surface area contributed by atoms with Crippen molar-refractivity contribution in [2.45, 2.75) is 13.0 Å². The molecule has 0 spiro atoms. The van der Waals surface area contributed by atoms with E-state index in [1.807, 2.05) is 30.3 Å². The summed E-state index contributed by atoms with van der Waals surface area (Å²) >= 11 is 5.57. The van der Waals surface area contributed by atoms with Crippen LogP contribution in [0.2, 0.25) is 0 Å². The van der Waals surface area contributed by atoms with Crippen molar-refractivity contribution < 1.29 is 8.42 Å². The number of nitrogens with zero attached hydrogens (tertiary/aromatic N) is 1. The van der Waals surface area contributed by atoms with Gasteiger partial charge in [-0.05, 0) is 48.5 Å². The average molecular weight is 440 g/mol. The van der Waals surface area contributed by atoms with Crippen molar-refractivity contribution >= 4 is 38.7 Å². The standard InChI is InChI=1S/C23H25N3O2S2/c1-17-9-7-12-19(15-17)22(18-10-5-4-6-11-18)25-23(29)24-20-13-8-14-21(16-20)26(2)30(3,27)28/h4-16,22H,1-3H3,(H2,24,25,29)/t22-/m0/s1. The average Bonchev–Trinajstić information content (AvgIpc) is 2.71. The number of anilines is 2. The normalized spacial score (nSPS) is 12.1. The van der Waals surface area contributed by atoms with Crippen molar-refractivity contribution in [1.82, 2.24) is 5.32 Å². The summed E-state index contributed by atoms with van der Waals surface area (Å²) in [5.41, 5.74) is 4.64. The van der Waals surface area contributed by atoms with Gasteiger partial charge in [0.05, 0.1) is 18.0 Å². The molecule has 3 aromatic rings. The largest absolute Gasteiger partial charge is 0.352 e. The van der Waals surface area contributed by atoms with E-state index in [0.29, 0.717) is 16.5 Å². The van der Waals surface area contributed by atoms with Crippen LogP contribution in [0.25, 0.3) is 0 Å². The molecule has 156 valence electrons. The van der Waals surface area contributed by atoms with Gasteiger partial charge in [-0.1, -0.05) is 66.2 Å². The van der Waals surface area contributed by atoms with Crippen molar-refractivity contribution in [2.75, 3.05) is 22.9 Å². The summed E-state index contributed by atoms with van der Waals surface area (Å²) in [6.45, 7) is 2.06. The van der Waals surface area contributed by atoms with Crippen LogP contribution in [-0.4, -0.2) is 26.8 Å². The summed E-state index contributed by atoms with van der Waals surface area (Å²) in [7, 11) is -1.82. The molecule has 0 saturated heterocycles. The molecule has 2 N–H and O–H groups in total. The molecule has 0 heterocycles. The smallest absolute Gasteiger partial charge is 0.231 e. The summed E-state index contributed by atoms with van der Waals surface area (Å²) < 4.78 is 24.9. The van der Waals surface area contributed by atoms with Crippen LogP contribution in [0.4, 0.5) is 11.4 Å². The molecule has 3 aromatic carbocycles. The maximum absolute atomic E-state index is 11.8. The molecule has 0 fully saturated rings. The zero-order valence-electron chi connectivity index (χ0n) is 17.2. The molecule has 5 nitrogen and oxygen atoms in total. The van der Waals surface area contributed by atoms with E-state index in [1.54, 1.807) is 18.2 Å². The number of nitrogens with one attached hydrogen (secondary N) is 2. The molecular formula is C23H25N3O2S2. The van der Waals surface area contributed by atoms with E-state index >= 15 is 0 Å². The van der Waals surface area contributed by atoms with Gasteiger partial charge in [-0.2, -0.15) is 0 Å². The minimum absolute atomic E-state index is 0.118. The summed E-state index contributed by atoms with van der Waals surface area (Å²) in [6.07, 6.45) is 1.17. The van der Waals surface area contributed by atoms with Crippen molar-refractivity contribution in [3.63, 3.8) is 0 Å². The molecule has 7 heteroatoms. The Hall–Kier alpha value is -2.90. The van der Waals surface area contributed by atoms with Gasteiger partial charge in [-0.3, -0.25) is 4.31 Å². The first-order valence-corrected chi connectivity index (χ1v) is 11.7. The van der Waals surface area contributed by atoms with Crippen molar-refractivity contribution in [1.29, 1.82) is 0 Å². The molecule has 3 rings (SSSR count). The summed E-state index contributed by atoms with van der Waals surface area (Å²) in [5.74, 6) is 0. The Labute approximate surface area is 183 Å². The number of rotatable bonds is 6. The Bertz CT molecular complexity index is 1130. The van der Waals surface area contributed by atoms with Crippen LogP contribution in [0.1, 0.15) is 22.7 Å². The van der Waals surface area contributed by atoms with E-state index < -0.39 is 10.0 Å². The van der Waals surface area contributed by atoms with Crippen LogP contribution in [-0.2, 0) is 10.0 Å². The highest BCUT2D eigenvalue weighted by Crippen LogP contribution is 2.24. The lowest BCUT2D eigenvalue weighted by atomic mass is 9.97. The Morgan fingerprint density at radius 1 is 0.933 bits per heavy atom. The number of aryl methyl sites for hydroxylation is 1. The van der Waals surface area contributed by atoms with Crippen molar-refractivity contribution in [2.24, 2.45) is 0 Å². The fraction of sp³-hybridized carbons (Fsp3) is 0.174. The number of sulfonamides is 1. The Balaban J connectivity index is 1.82. The molecule has 0 amide bonds. The third-order valence-corrected chi connectivity index (χ3v) is 6.17. The molecular weight excluding hydrogens is 414 g/mol. The predicted molar refractivity (Wildman–Crippen MR) is 129 cm³/mol. The van der Waals surface area contributed by atoms with Gasteiger partial charge in [-0.15, -0.1) is 0 Å². The lowest BCUT2D eigenvalue weighted by molar-refractivity contribution is 0.600. The van der Waals surface area contributed by atoms with E-state index in [1.165, 1.54) is 23.2 Å². The topological polar surface area (TPSA) is 61.4 Å². The van der Waals surface area contributed by atoms with Gasteiger partial charge in [0.15, 0.2) is 5.11 Å². The summed E-state index contributed by atoms with van der Waals surface area (Å²) in [6, 6.07) is 25.4. The van der Waals surface area contributed by atoms with Crippen LogP contribution < -0.4 is 14.9 Å². The molecule has 0 aliphatic carbocycles. The van der Waals surface area contributed by atoms with E-state index in [-0.39, 0.29) is 6.04 Å². The zero-order valence-corrected chi connectivity index (χ0v) is 18.8. The monoisotopic (exact) mass is 439 g/mol. The second-order valence-electron chi connectivity index (χ2n) is 7.14. The third-order valence-electron chi connectivity index (χ3n) is 4.75. The van der Waals surface area contributed by atoms with Crippen molar-refractivity contribution in [3.05, 3.63) is 95.6 Å². The summed E-state index contributed by atoms with van der Waals surface area (Å²) in [4.78, 5) is 0. The van der Waals surface area contributed by atoms with Crippen LogP contribution in [0.5, 0.6) is 0 Å². The van der Waals surface area contributed by atoms with Crippen LogP contribution in [0.15, 0.2) is 78.9 Å². The fourth-order valence-corrected chi connectivity index (χ4v) is 3.86. The Morgan fingerprint density at radius 3 is 2.27 bits per heavy atom. The molecule has 0 aromatic heterocycles. The first-order valence-electron chi connectivity index (χ1n) is 9.47. The quantitative estimate of drug-likeness (QED) is 0.555. The van der Waals surface area contributed by atoms with E-state index in [9.17, 15) is 8.42 Å². The predicted octanol–water partition coefficient (Wildman–Crippen LogP) is 4.47. The van der Waals surface area contributed by atoms with Gasteiger partial charge in [0.1, 0.15) is 0 Å². The lowest BCUT2D eigenvalue weighted by Crippen LogP contribution is -2.33. The molecule has 0 aliphatic rings. The van der Waals surface area contributed by atoms with Gasteiger partial charge in [0, 0.05) is 12.7 Å². The third kappa shape index (κ3) is 5.58. The maximum Gasteiger partial charge on any atom is 0.231 e. The van der Waals surface area contributed by atoms with Crippen molar-refractivity contribution in [3.8, 4) is 0 Å². The van der Waals surface area contributed by atoms with Gasteiger partial charge >= 0.3 is 0 Å². The SMILES string of the molecule is Cc1cccc([C@@H](NC(=S)Nc2cccc(N(C)S(C)(=O)=O)c2)c2ccccc2)c1. The zero-order chi connectivity index (χ0) is 21.7. The number of hydrogen-bond acceptors (Lipinski definition) is 3. The first kappa shape index (κ1) is 21.8. The molecule has 1 atom stereocenters. The van der Waals surface area contributed by atoms with Gasteiger partial charge in [0.25, 0.3) is 0 Å². The lowest BCUT2D eigenvalue weighted by Gasteiger charge is -2.23. The number of thiocarbonyl (C=S) groups is 1. The minimum atomic E-state index is -3.34. The molecule has 0 unspecified atom stereocenters. The molecule has 0 saturated carbocycles. The molecule has 0 aliphatic heterocycles. The van der Waals surface area contributed by atoms with Gasteiger partial charge in [0.2, 0.25) is 10.0 Å². The second-order valence-corrected chi connectivity index (χ2v) is 9.56. The number of benzene rings is 3. The fourth-order valence-electron chi connectivity index (χ4n) is 3.12. The highest BCUT2D eigenvalue weighted by molar-refractivity contribution is 7.92. The van der Waals surface area contributed by atoms with E-state index in [4.69, 9.17) is 12.2 Å². The summed E-state index contributed by atoms with van der Waals surface area (Å²) in [5, 5.41) is 7.01. The Morgan fingerprint density at radius 2 is 1.60 bits per heavy atom. The first-order chi connectivity index (χ1) is 14.2. The Kier molecular flexibility index (Phi) is 6.74. The van der Waals surface area contributed by atoms with Gasteiger partial charge in [-0.25, -0.2) is 8.42 Å².